The van der Waals surface area contributed by atoms with Crippen LogP contribution in [0.25, 0.3) is 5.70 Å². The van der Waals surface area contributed by atoms with Gasteiger partial charge in [-0.1, -0.05) is 67.9 Å². The van der Waals surface area contributed by atoms with Gasteiger partial charge in [-0.3, -0.25) is 4.90 Å². The Morgan fingerprint density at radius 2 is 1.70 bits per heavy atom. The molecule has 9 nitrogen and oxygen atoms in total. The van der Waals surface area contributed by atoms with Crippen molar-refractivity contribution in [3.8, 4) is 5.75 Å². The molecule has 1 aliphatic rings. The molecule has 4 amide bonds. The first kappa shape index (κ1) is 28.2. The lowest BCUT2D eigenvalue weighted by Gasteiger charge is -2.37. The van der Waals surface area contributed by atoms with Crippen molar-refractivity contribution in [3.05, 3.63) is 95.6 Å². The first-order valence-corrected chi connectivity index (χ1v) is 13.3. The Hall–Kier alpha value is -4.79. The van der Waals surface area contributed by atoms with E-state index in [0.29, 0.717) is 40.5 Å². The third-order valence-electron chi connectivity index (χ3n) is 6.44. The van der Waals surface area contributed by atoms with Crippen LogP contribution in [0.4, 0.5) is 21.0 Å². The van der Waals surface area contributed by atoms with E-state index in [-0.39, 0.29) is 12.6 Å². The van der Waals surface area contributed by atoms with Crippen molar-refractivity contribution in [1.29, 1.82) is 0 Å². The molecule has 0 saturated carbocycles. The molecule has 1 aliphatic heterocycles. The van der Waals surface area contributed by atoms with Crippen LogP contribution in [0.3, 0.4) is 0 Å². The highest BCUT2D eigenvalue weighted by Crippen LogP contribution is 2.37. The van der Waals surface area contributed by atoms with E-state index in [2.05, 4.69) is 16.0 Å². The summed E-state index contributed by atoms with van der Waals surface area (Å²) in [7, 11) is 1.53. The Bertz CT molecular complexity index is 1390. The lowest BCUT2D eigenvalue weighted by atomic mass is 9.91. The summed E-state index contributed by atoms with van der Waals surface area (Å²) in [5.74, 6) is 0.0155. The maximum atomic E-state index is 13.5. The zero-order chi connectivity index (χ0) is 28.5. The van der Waals surface area contributed by atoms with Gasteiger partial charge in [-0.15, -0.1) is 0 Å². The minimum atomic E-state index is -0.793. The molecular weight excluding hydrogens is 508 g/mol. The van der Waals surface area contributed by atoms with Crippen molar-refractivity contribution in [3.63, 3.8) is 0 Å². The van der Waals surface area contributed by atoms with Crippen LogP contribution in [0, 0.1) is 0 Å². The Labute approximate surface area is 234 Å². The van der Waals surface area contributed by atoms with Crippen molar-refractivity contribution in [2.45, 2.75) is 32.7 Å². The number of urea groups is 2. The maximum Gasteiger partial charge on any atom is 0.338 e. The summed E-state index contributed by atoms with van der Waals surface area (Å²) < 4.78 is 10.8. The standard InChI is InChI=1S/C31H34N4O5/c1-4-6-19-35-28(21-13-8-7-9-14-21)26(29(36)40-5-2)27(34-31(35)38)22-15-12-16-23(20-22)32-30(37)33-24-17-10-11-18-25(24)39-3/h7-18,20,27H,4-6,19H2,1-3H3,(H,34,38)(H2,32,33,37)/t27-/m1/s1. The number of nitrogens with zero attached hydrogens (tertiary/aromatic N) is 1. The van der Waals surface area contributed by atoms with Crippen molar-refractivity contribution in [2.75, 3.05) is 30.9 Å². The lowest BCUT2D eigenvalue weighted by Crippen LogP contribution is -2.48. The number of carbonyl (C=O) groups is 3. The molecule has 0 unspecified atom stereocenters. The highest BCUT2D eigenvalue weighted by Gasteiger charge is 2.38. The smallest absolute Gasteiger partial charge is 0.338 e. The maximum absolute atomic E-state index is 13.5. The van der Waals surface area contributed by atoms with Crippen LogP contribution in [0.5, 0.6) is 5.75 Å². The number of rotatable bonds is 10. The SMILES string of the molecule is CCCCN1C(=O)N[C@H](c2cccc(NC(=O)Nc3ccccc3OC)c2)C(C(=O)OCC)=C1c1ccccc1. The molecule has 3 N–H and O–H groups in total. The second-order valence-electron chi connectivity index (χ2n) is 9.14. The van der Waals surface area contributed by atoms with Crippen LogP contribution in [0.2, 0.25) is 0 Å². The van der Waals surface area contributed by atoms with E-state index in [1.165, 1.54) is 7.11 Å². The molecule has 0 radical (unpaired) electrons. The molecule has 4 rings (SSSR count). The van der Waals surface area contributed by atoms with Crippen molar-refractivity contribution < 1.29 is 23.9 Å². The number of carbonyl (C=O) groups excluding carboxylic acids is 3. The Balaban J connectivity index is 1.72. The number of methoxy groups -OCH3 is 1. The van der Waals surface area contributed by atoms with Gasteiger partial charge in [-0.2, -0.15) is 0 Å². The number of hydrogen-bond acceptors (Lipinski definition) is 5. The van der Waals surface area contributed by atoms with Gasteiger partial charge in [0.25, 0.3) is 0 Å². The minimum absolute atomic E-state index is 0.185. The van der Waals surface area contributed by atoms with Crippen LogP contribution in [0.15, 0.2) is 84.4 Å². The fourth-order valence-corrected chi connectivity index (χ4v) is 4.60. The predicted octanol–water partition coefficient (Wildman–Crippen LogP) is 6.18. The molecule has 40 heavy (non-hydrogen) atoms. The molecule has 3 aromatic carbocycles. The molecule has 9 heteroatoms. The lowest BCUT2D eigenvalue weighted by molar-refractivity contribution is -0.138. The van der Waals surface area contributed by atoms with E-state index < -0.39 is 18.0 Å². The molecule has 3 aromatic rings. The highest BCUT2D eigenvalue weighted by molar-refractivity contribution is 6.05. The largest absolute Gasteiger partial charge is 0.495 e. The van der Waals surface area contributed by atoms with E-state index in [9.17, 15) is 14.4 Å². The number of benzene rings is 3. The summed E-state index contributed by atoms with van der Waals surface area (Å²) in [4.78, 5) is 41.3. The number of unbranched alkanes of at least 4 members (excludes halogenated alkanes) is 1. The van der Waals surface area contributed by atoms with E-state index in [4.69, 9.17) is 9.47 Å². The van der Waals surface area contributed by atoms with Crippen LogP contribution in [-0.2, 0) is 9.53 Å². The predicted molar refractivity (Wildman–Crippen MR) is 155 cm³/mol. The molecule has 0 fully saturated rings. The summed E-state index contributed by atoms with van der Waals surface area (Å²) in [5, 5.41) is 8.60. The van der Waals surface area contributed by atoms with Gasteiger partial charge in [0.1, 0.15) is 5.75 Å². The highest BCUT2D eigenvalue weighted by atomic mass is 16.5. The van der Waals surface area contributed by atoms with E-state index in [1.54, 1.807) is 54.3 Å². The molecule has 0 aromatic heterocycles. The molecule has 0 bridgehead atoms. The van der Waals surface area contributed by atoms with E-state index >= 15 is 0 Å². The molecular formula is C31H34N4O5. The molecule has 0 aliphatic carbocycles. The fraction of sp³-hybridized carbons (Fsp3) is 0.258. The summed E-state index contributed by atoms with van der Waals surface area (Å²) in [6, 6.07) is 21.9. The Kier molecular flexibility index (Phi) is 9.40. The minimum Gasteiger partial charge on any atom is -0.495 e. The van der Waals surface area contributed by atoms with Gasteiger partial charge < -0.3 is 25.4 Å². The third kappa shape index (κ3) is 6.43. The van der Waals surface area contributed by atoms with Crippen LogP contribution >= 0.6 is 0 Å². The van der Waals surface area contributed by atoms with E-state index in [0.717, 1.165) is 18.4 Å². The average molecular weight is 543 g/mol. The Morgan fingerprint density at radius 3 is 2.42 bits per heavy atom. The van der Waals surface area contributed by atoms with Crippen molar-refractivity contribution in [2.24, 2.45) is 0 Å². The zero-order valence-corrected chi connectivity index (χ0v) is 22.9. The number of hydrogen-bond donors (Lipinski definition) is 3. The number of anilines is 2. The molecule has 0 saturated heterocycles. The number of nitrogens with one attached hydrogen (secondary N) is 3. The molecule has 0 spiro atoms. The van der Waals surface area contributed by atoms with Gasteiger partial charge in [0, 0.05) is 12.2 Å². The number of para-hydroxylation sites is 2. The molecule has 1 atom stereocenters. The number of esters is 1. The van der Waals surface area contributed by atoms with Crippen molar-refractivity contribution >= 4 is 35.1 Å². The number of amides is 4. The van der Waals surface area contributed by atoms with Gasteiger partial charge in [-0.05, 0) is 48.7 Å². The van der Waals surface area contributed by atoms with Crippen LogP contribution in [-0.4, -0.2) is 43.2 Å². The second kappa shape index (κ2) is 13.3. The van der Waals surface area contributed by atoms with Gasteiger partial charge in [-0.25, -0.2) is 14.4 Å². The quantitative estimate of drug-likeness (QED) is 0.265. The summed E-state index contributed by atoms with van der Waals surface area (Å²) in [5.41, 5.74) is 3.22. The summed E-state index contributed by atoms with van der Waals surface area (Å²) in [6.07, 6.45) is 1.65. The number of ether oxygens (including phenoxy) is 2. The fourth-order valence-electron chi connectivity index (χ4n) is 4.60. The van der Waals surface area contributed by atoms with Gasteiger partial charge in [0.2, 0.25) is 0 Å². The first-order valence-electron chi connectivity index (χ1n) is 13.3. The summed E-state index contributed by atoms with van der Waals surface area (Å²) >= 11 is 0. The van der Waals surface area contributed by atoms with Crippen LogP contribution < -0.4 is 20.7 Å². The first-order chi connectivity index (χ1) is 19.5. The molecule has 208 valence electrons. The average Bonchev–Trinajstić information content (AvgIpc) is 2.97. The molecule has 1 heterocycles. The van der Waals surface area contributed by atoms with Gasteiger partial charge in [0.15, 0.2) is 0 Å². The van der Waals surface area contributed by atoms with E-state index in [1.807, 2.05) is 43.3 Å². The van der Waals surface area contributed by atoms with Gasteiger partial charge in [0.05, 0.1) is 36.7 Å². The third-order valence-corrected chi connectivity index (χ3v) is 6.44. The monoisotopic (exact) mass is 542 g/mol. The normalized spacial score (nSPS) is 14.8. The zero-order valence-electron chi connectivity index (χ0n) is 22.9. The summed E-state index contributed by atoms with van der Waals surface area (Å²) in [6.45, 7) is 4.43. The Morgan fingerprint density at radius 1 is 0.950 bits per heavy atom. The van der Waals surface area contributed by atoms with Gasteiger partial charge >= 0.3 is 18.0 Å². The topological polar surface area (TPSA) is 109 Å². The second-order valence-corrected chi connectivity index (χ2v) is 9.14. The van der Waals surface area contributed by atoms with Crippen molar-refractivity contribution in [1.82, 2.24) is 10.2 Å². The van der Waals surface area contributed by atoms with Crippen LogP contribution in [0.1, 0.15) is 43.9 Å².